The van der Waals surface area contributed by atoms with Gasteiger partial charge in [0.15, 0.2) is 0 Å². The smallest absolute Gasteiger partial charge is 0.394 e. The van der Waals surface area contributed by atoms with Gasteiger partial charge in [0, 0.05) is 0 Å². The number of hydrogen-bond acceptors (Lipinski definition) is 2. The number of rotatable bonds is 3. The second-order valence-corrected chi connectivity index (χ2v) is 3.15. The number of halogens is 3. The van der Waals surface area contributed by atoms with Crippen molar-refractivity contribution >= 4 is 0 Å². The van der Waals surface area contributed by atoms with Gasteiger partial charge in [-0.05, 0) is 24.7 Å². The molecule has 0 unspecified atom stereocenters. The Morgan fingerprint density at radius 2 is 2.07 bits per heavy atom. The third kappa shape index (κ3) is 2.94. The molecule has 0 radical (unpaired) electrons. The molecule has 0 heterocycles. The molecule has 0 fully saturated rings. The van der Waals surface area contributed by atoms with Crippen LogP contribution in [0.4, 0.5) is 13.2 Å². The largest absolute Gasteiger partial charge is 0.416 e. The van der Waals surface area contributed by atoms with E-state index in [1.807, 2.05) is 0 Å². The summed E-state index contributed by atoms with van der Waals surface area (Å²) in [4.78, 5) is 0. The fourth-order valence-electron chi connectivity index (χ4n) is 1.30. The van der Waals surface area contributed by atoms with Crippen molar-refractivity contribution in [2.24, 2.45) is 0 Å². The van der Waals surface area contributed by atoms with Crippen LogP contribution in [-0.4, -0.2) is 18.8 Å². The summed E-state index contributed by atoms with van der Waals surface area (Å²) in [5.41, 5.74) is -0.275. The summed E-state index contributed by atoms with van der Waals surface area (Å²) in [6.45, 7) is -0.238. The molecule has 0 spiro atoms. The van der Waals surface area contributed by atoms with E-state index >= 15 is 0 Å². The molecule has 84 valence electrons. The van der Waals surface area contributed by atoms with Gasteiger partial charge < -0.3 is 10.4 Å². The van der Waals surface area contributed by atoms with Gasteiger partial charge in [-0.1, -0.05) is 12.1 Å². The summed E-state index contributed by atoms with van der Waals surface area (Å²) in [7, 11) is 1.58. The van der Waals surface area contributed by atoms with Gasteiger partial charge in [0.1, 0.15) is 0 Å². The first-order valence-corrected chi connectivity index (χ1v) is 4.44. The van der Waals surface area contributed by atoms with Crippen LogP contribution in [0.2, 0.25) is 0 Å². The quantitative estimate of drug-likeness (QED) is 0.814. The number of likely N-dealkylation sites (N-methyl/N-ethyl adjacent to an activating group) is 1. The van der Waals surface area contributed by atoms with E-state index in [0.717, 1.165) is 12.1 Å². The zero-order valence-electron chi connectivity index (χ0n) is 8.17. The fourth-order valence-corrected chi connectivity index (χ4v) is 1.30. The van der Waals surface area contributed by atoms with Crippen molar-refractivity contribution in [1.29, 1.82) is 0 Å². The van der Waals surface area contributed by atoms with Crippen LogP contribution in [0.1, 0.15) is 17.2 Å². The minimum Gasteiger partial charge on any atom is -0.394 e. The molecule has 1 aromatic carbocycles. The Labute approximate surface area is 85.7 Å². The topological polar surface area (TPSA) is 32.3 Å². The molecule has 0 aliphatic carbocycles. The van der Waals surface area contributed by atoms with Gasteiger partial charge >= 0.3 is 6.18 Å². The molecule has 0 aliphatic rings. The van der Waals surface area contributed by atoms with Crippen LogP contribution in [0.5, 0.6) is 0 Å². The van der Waals surface area contributed by atoms with Gasteiger partial charge in [-0.15, -0.1) is 0 Å². The zero-order chi connectivity index (χ0) is 11.5. The van der Waals surface area contributed by atoms with E-state index < -0.39 is 17.8 Å². The lowest BCUT2D eigenvalue weighted by Gasteiger charge is -2.15. The molecule has 2 nitrogen and oxygen atoms in total. The van der Waals surface area contributed by atoms with E-state index in [-0.39, 0.29) is 6.61 Å². The highest BCUT2D eigenvalue weighted by molar-refractivity contribution is 5.28. The number of aliphatic hydroxyl groups excluding tert-OH is 1. The first-order chi connectivity index (χ1) is 6.99. The van der Waals surface area contributed by atoms with E-state index in [0.29, 0.717) is 5.56 Å². The highest BCUT2D eigenvalue weighted by atomic mass is 19.4. The second-order valence-electron chi connectivity index (χ2n) is 3.15. The van der Waals surface area contributed by atoms with Crippen molar-refractivity contribution < 1.29 is 18.3 Å². The number of nitrogens with one attached hydrogen (secondary N) is 1. The van der Waals surface area contributed by atoms with E-state index in [4.69, 9.17) is 5.11 Å². The average molecular weight is 219 g/mol. The summed E-state index contributed by atoms with van der Waals surface area (Å²) in [5, 5.41) is 11.7. The summed E-state index contributed by atoms with van der Waals surface area (Å²) in [6.07, 6.45) is -4.34. The second kappa shape index (κ2) is 4.63. The Kier molecular flexibility index (Phi) is 3.71. The molecule has 0 aromatic heterocycles. The SMILES string of the molecule is CN[C@@H](CO)c1cccc(C(F)(F)F)c1. The molecular weight excluding hydrogens is 207 g/mol. The van der Waals surface area contributed by atoms with E-state index in [2.05, 4.69) is 5.32 Å². The molecule has 0 saturated heterocycles. The first-order valence-electron chi connectivity index (χ1n) is 4.44. The molecule has 0 saturated carbocycles. The first kappa shape index (κ1) is 12.0. The Bertz CT molecular complexity index is 321. The van der Waals surface area contributed by atoms with Crippen molar-refractivity contribution in [3.8, 4) is 0 Å². The lowest BCUT2D eigenvalue weighted by atomic mass is 10.0. The molecule has 0 amide bonds. The van der Waals surface area contributed by atoms with E-state index in [9.17, 15) is 13.2 Å². The number of benzene rings is 1. The molecule has 0 aliphatic heterocycles. The van der Waals surface area contributed by atoms with Crippen molar-refractivity contribution in [3.63, 3.8) is 0 Å². The summed E-state index contributed by atoms with van der Waals surface area (Å²) < 4.78 is 37.1. The minimum absolute atomic E-state index is 0.238. The molecule has 0 bridgehead atoms. The number of aliphatic hydroxyl groups is 1. The molecule has 15 heavy (non-hydrogen) atoms. The molecule has 1 rings (SSSR count). The van der Waals surface area contributed by atoms with Gasteiger partial charge in [-0.3, -0.25) is 0 Å². The van der Waals surface area contributed by atoms with Crippen molar-refractivity contribution in [1.82, 2.24) is 5.32 Å². The highest BCUT2D eigenvalue weighted by Gasteiger charge is 2.30. The highest BCUT2D eigenvalue weighted by Crippen LogP contribution is 2.30. The van der Waals surface area contributed by atoms with Crippen molar-refractivity contribution in [2.45, 2.75) is 12.2 Å². The number of hydrogen-bond donors (Lipinski definition) is 2. The normalized spacial score (nSPS) is 13.9. The van der Waals surface area contributed by atoms with Gasteiger partial charge in [-0.2, -0.15) is 13.2 Å². The maximum Gasteiger partial charge on any atom is 0.416 e. The Morgan fingerprint density at radius 3 is 2.53 bits per heavy atom. The van der Waals surface area contributed by atoms with Crippen LogP contribution in [0.25, 0.3) is 0 Å². The van der Waals surface area contributed by atoms with E-state index in [1.54, 1.807) is 13.1 Å². The molecular formula is C10H12F3NO. The lowest BCUT2D eigenvalue weighted by molar-refractivity contribution is -0.137. The predicted octanol–water partition coefficient (Wildman–Crippen LogP) is 1.96. The summed E-state index contributed by atoms with van der Waals surface area (Å²) in [6, 6.07) is 4.46. The standard InChI is InChI=1S/C10H12F3NO/c1-14-9(6-15)7-3-2-4-8(5-7)10(11,12)13/h2-5,9,14-15H,6H2,1H3/t9-/m0/s1. The van der Waals surface area contributed by atoms with Crippen molar-refractivity contribution in [3.05, 3.63) is 35.4 Å². The van der Waals surface area contributed by atoms with Gasteiger partial charge in [0.05, 0.1) is 18.2 Å². The predicted molar refractivity (Wildman–Crippen MR) is 50.3 cm³/mol. The van der Waals surface area contributed by atoms with Crippen LogP contribution < -0.4 is 5.32 Å². The van der Waals surface area contributed by atoms with Crippen LogP contribution in [-0.2, 0) is 6.18 Å². The van der Waals surface area contributed by atoms with E-state index in [1.165, 1.54) is 6.07 Å². The third-order valence-corrected chi connectivity index (χ3v) is 2.15. The monoisotopic (exact) mass is 219 g/mol. The summed E-state index contributed by atoms with van der Waals surface area (Å²) in [5.74, 6) is 0. The Morgan fingerprint density at radius 1 is 1.40 bits per heavy atom. The van der Waals surface area contributed by atoms with Gasteiger partial charge in [-0.25, -0.2) is 0 Å². The van der Waals surface area contributed by atoms with Crippen LogP contribution in [0.3, 0.4) is 0 Å². The Hall–Kier alpha value is -1.07. The van der Waals surface area contributed by atoms with Crippen molar-refractivity contribution in [2.75, 3.05) is 13.7 Å². The maximum atomic E-state index is 12.4. The lowest BCUT2D eigenvalue weighted by Crippen LogP contribution is -2.20. The Balaban J connectivity index is 3.02. The van der Waals surface area contributed by atoms with Crippen LogP contribution in [0.15, 0.2) is 24.3 Å². The van der Waals surface area contributed by atoms with Gasteiger partial charge in [0.25, 0.3) is 0 Å². The minimum atomic E-state index is -4.34. The van der Waals surface area contributed by atoms with Crippen LogP contribution >= 0.6 is 0 Å². The summed E-state index contributed by atoms with van der Waals surface area (Å²) >= 11 is 0. The van der Waals surface area contributed by atoms with Gasteiger partial charge in [0.2, 0.25) is 0 Å². The number of alkyl halides is 3. The molecule has 1 aromatic rings. The molecule has 5 heteroatoms. The maximum absolute atomic E-state index is 12.4. The average Bonchev–Trinajstić information content (AvgIpc) is 2.19. The third-order valence-electron chi connectivity index (χ3n) is 2.15. The molecule has 1 atom stereocenters. The van der Waals surface area contributed by atoms with Crippen LogP contribution in [0, 0.1) is 0 Å². The fraction of sp³-hybridized carbons (Fsp3) is 0.400. The zero-order valence-corrected chi connectivity index (χ0v) is 8.17. The molecule has 2 N–H and O–H groups in total.